The Labute approximate surface area is 203 Å². The largest absolute Gasteiger partial charge is 0.483 e. The van der Waals surface area contributed by atoms with Crippen molar-refractivity contribution in [2.75, 3.05) is 19.7 Å². The summed E-state index contributed by atoms with van der Waals surface area (Å²) in [6, 6.07) is 11.2. The molecule has 2 N–H and O–H groups in total. The molecule has 34 heavy (non-hydrogen) atoms. The fourth-order valence-corrected chi connectivity index (χ4v) is 4.32. The minimum absolute atomic E-state index is 0.00451. The van der Waals surface area contributed by atoms with Crippen LogP contribution in [0.25, 0.3) is 0 Å². The molecule has 0 aliphatic carbocycles. The smallest absolute Gasteiger partial charge is 0.303 e. The van der Waals surface area contributed by atoms with Gasteiger partial charge in [0.15, 0.2) is 6.61 Å². The predicted molar refractivity (Wildman–Crippen MR) is 126 cm³/mol. The highest BCUT2D eigenvalue weighted by atomic mass is 35.5. The monoisotopic (exact) mass is 492 g/mol. The van der Waals surface area contributed by atoms with Crippen LogP contribution in [-0.2, 0) is 16.1 Å². The molecule has 2 aromatic carbocycles. The molecule has 1 heterocycles. The van der Waals surface area contributed by atoms with Crippen molar-refractivity contribution in [2.24, 2.45) is 0 Å². The lowest BCUT2D eigenvalue weighted by Crippen LogP contribution is -2.58. The molecule has 3 atom stereocenters. The van der Waals surface area contributed by atoms with Crippen molar-refractivity contribution in [2.45, 2.75) is 51.4 Å². The molecular weight excluding hydrogens is 463 g/mol. The lowest BCUT2D eigenvalue weighted by Gasteiger charge is -2.44. The third kappa shape index (κ3) is 6.91. The normalized spacial score (nSPS) is 19.6. The number of carboxylic acids is 1. The minimum Gasteiger partial charge on any atom is -0.483 e. The van der Waals surface area contributed by atoms with Crippen molar-refractivity contribution in [3.8, 4) is 5.75 Å². The van der Waals surface area contributed by atoms with Crippen LogP contribution in [0.15, 0.2) is 42.5 Å². The Bertz CT molecular complexity index is 1000. The van der Waals surface area contributed by atoms with Crippen LogP contribution in [-0.4, -0.2) is 63.7 Å². The van der Waals surface area contributed by atoms with Gasteiger partial charge in [0, 0.05) is 48.7 Å². The van der Waals surface area contributed by atoms with E-state index >= 15 is 0 Å². The van der Waals surface area contributed by atoms with Gasteiger partial charge >= 0.3 is 5.97 Å². The number of hydrogen-bond acceptors (Lipinski definition) is 5. The van der Waals surface area contributed by atoms with E-state index in [1.165, 1.54) is 18.2 Å². The number of carbonyl (C=O) groups excluding carboxylic acids is 1. The van der Waals surface area contributed by atoms with Gasteiger partial charge in [0.05, 0.1) is 6.10 Å². The number of carboxylic acid groups (broad SMARTS) is 1. The molecule has 7 nitrogen and oxygen atoms in total. The van der Waals surface area contributed by atoms with Crippen LogP contribution in [0, 0.1) is 5.82 Å². The zero-order valence-electron chi connectivity index (χ0n) is 19.3. The van der Waals surface area contributed by atoms with Crippen molar-refractivity contribution < 1.29 is 28.9 Å². The summed E-state index contributed by atoms with van der Waals surface area (Å²) in [4.78, 5) is 27.8. The second kappa shape index (κ2) is 11.6. The van der Waals surface area contributed by atoms with Crippen LogP contribution in [0.2, 0.25) is 5.02 Å². The number of carbonyl (C=O) groups is 2. The zero-order valence-corrected chi connectivity index (χ0v) is 20.0. The lowest BCUT2D eigenvalue weighted by atomic mass is 10.0. The Morgan fingerprint density at radius 1 is 1.15 bits per heavy atom. The van der Waals surface area contributed by atoms with E-state index in [2.05, 4.69) is 4.90 Å². The van der Waals surface area contributed by atoms with Gasteiger partial charge < -0.3 is 19.8 Å². The second-order valence-corrected chi connectivity index (χ2v) is 9.16. The summed E-state index contributed by atoms with van der Waals surface area (Å²) in [5.41, 5.74) is 1.37. The maximum atomic E-state index is 13.2. The van der Waals surface area contributed by atoms with Crippen molar-refractivity contribution >= 4 is 23.5 Å². The van der Waals surface area contributed by atoms with Gasteiger partial charge in [0.25, 0.3) is 5.91 Å². The van der Waals surface area contributed by atoms with Gasteiger partial charge in [-0.2, -0.15) is 0 Å². The molecule has 0 aromatic heterocycles. The van der Waals surface area contributed by atoms with E-state index < -0.39 is 12.1 Å². The summed E-state index contributed by atoms with van der Waals surface area (Å²) >= 11 is 6.04. The first-order chi connectivity index (χ1) is 16.1. The Morgan fingerprint density at radius 2 is 1.85 bits per heavy atom. The number of aliphatic carboxylic acids is 1. The van der Waals surface area contributed by atoms with Gasteiger partial charge in [-0.25, -0.2) is 4.39 Å². The number of piperazine rings is 1. The third-order valence-electron chi connectivity index (χ3n) is 6.05. The third-order valence-corrected chi connectivity index (χ3v) is 6.28. The van der Waals surface area contributed by atoms with Crippen molar-refractivity contribution in [3.05, 3.63) is 64.4 Å². The highest BCUT2D eigenvalue weighted by molar-refractivity contribution is 6.30. The molecule has 0 spiro atoms. The van der Waals surface area contributed by atoms with Gasteiger partial charge in [0.2, 0.25) is 0 Å². The first-order valence-electron chi connectivity index (χ1n) is 11.2. The molecular formula is C25H30ClFN2O5. The number of halogens is 2. The highest BCUT2D eigenvalue weighted by Crippen LogP contribution is 2.31. The van der Waals surface area contributed by atoms with E-state index in [0.29, 0.717) is 36.0 Å². The van der Waals surface area contributed by atoms with Crippen molar-refractivity contribution in [1.82, 2.24) is 9.80 Å². The lowest BCUT2D eigenvalue weighted by molar-refractivity contribution is -0.139. The molecule has 0 bridgehead atoms. The van der Waals surface area contributed by atoms with Gasteiger partial charge in [-0.15, -0.1) is 0 Å². The Morgan fingerprint density at radius 3 is 2.53 bits per heavy atom. The first-order valence-corrected chi connectivity index (χ1v) is 11.6. The van der Waals surface area contributed by atoms with Gasteiger partial charge in [-0.3, -0.25) is 14.5 Å². The van der Waals surface area contributed by atoms with Crippen LogP contribution in [0.4, 0.5) is 4.39 Å². The van der Waals surface area contributed by atoms with Crippen LogP contribution in [0.1, 0.15) is 43.9 Å². The van der Waals surface area contributed by atoms with E-state index in [4.69, 9.17) is 21.4 Å². The molecule has 1 aliphatic rings. The molecule has 3 unspecified atom stereocenters. The Kier molecular flexibility index (Phi) is 8.88. The number of aliphatic hydroxyl groups is 1. The standard InChI is InChI=1S/C25H30ClFN2O5/c1-16-13-29(17(2)12-28(16)14-18-3-6-20(27)7-4-18)24(31)15-34-23-9-5-19(26)11-21(23)22(30)8-10-25(32)33/h3-7,9,11,16-17,22,30H,8,10,12-15H2,1-2H3,(H,32,33). The van der Waals surface area contributed by atoms with Gasteiger partial charge in [-0.05, 0) is 56.2 Å². The molecule has 9 heteroatoms. The number of ether oxygens (including phenoxy) is 1. The van der Waals surface area contributed by atoms with Crippen LogP contribution >= 0.6 is 11.6 Å². The van der Waals surface area contributed by atoms with Crippen molar-refractivity contribution in [1.29, 1.82) is 0 Å². The van der Waals surface area contributed by atoms with E-state index in [-0.39, 0.29) is 43.3 Å². The number of nitrogens with zero attached hydrogens (tertiary/aromatic N) is 2. The molecule has 1 saturated heterocycles. The Balaban J connectivity index is 1.60. The quantitative estimate of drug-likeness (QED) is 0.552. The minimum atomic E-state index is -1.08. The topological polar surface area (TPSA) is 90.3 Å². The SMILES string of the molecule is CC1CN(C(=O)COc2ccc(Cl)cc2C(O)CCC(=O)O)C(C)CN1Cc1ccc(F)cc1. The zero-order chi connectivity index (χ0) is 24.8. The van der Waals surface area contributed by atoms with Crippen LogP contribution < -0.4 is 4.74 Å². The fourth-order valence-electron chi connectivity index (χ4n) is 4.14. The molecule has 1 fully saturated rings. The van der Waals surface area contributed by atoms with Crippen molar-refractivity contribution in [3.63, 3.8) is 0 Å². The number of benzene rings is 2. The van der Waals surface area contributed by atoms with E-state index in [1.807, 2.05) is 13.8 Å². The molecule has 3 rings (SSSR count). The van der Waals surface area contributed by atoms with Gasteiger partial charge in [0.1, 0.15) is 11.6 Å². The molecule has 2 aromatic rings. The number of aliphatic hydroxyl groups excluding tert-OH is 1. The predicted octanol–water partition coefficient (Wildman–Crippen LogP) is 3.88. The second-order valence-electron chi connectivity index (χ2n) is 8.72. The van der Waals surface area contributed by atoms with Gasteiger partial charge in [-0.1, -0.05) is 23.7 Å². The molecule has 184 valence electrons. The number of amides is 1. The van der Waals surface area contributed by atoms with Crippen LogP contribution in [0.3, 0.4) is 0 Å². The fraction of sp³-hybridized carbons (Fsp3) is 0.440. The molecule has 1 aliphatic heterocycles. The first kappa shape index (κ1) is 25.9. The maximum Gasteiger partial charge on any atom is 0.303 e. The van der Waals surface area contributed by atoms with E-state index in [1.54, 1.807) is 29.2 Å². The summed E-state index contributed by atoms with van der Waals surface area (Å²) in [6.45, 7) is 5.68. The molecule has 0 saturated carbocycles. The molecule has 0 radical (unpaired) electrons. The Hall–Kier alpha value is -2.68. The average Bonchev–Trinajstić information content (AvgIpc) is 2.80. The summed E-state index contributed by atoms with van der Waals surface area (Å²) in [5.74, 6) is -1.16. The van der Waals surface area contributed by atoms with Crippen LogP contribution in [0.5, 0.6) is 5.75 Å². The van der Waals surface area contributed by atoms with E-state index in [9.17, 15) is 19.1 Å². The summed E-state index contributed by atoms with van der Waals surface area (Å²) in [6.07, 6.45) is -1.28. The van der Waals surface area contributed by atoms with E-state index in [0.717, 1.165) is 5.56 Å². The molecule has 1 amide bonds. The summed E-state index contributed by atoms with van der Waals surface area (Å²) in [7, 11) is 0. The highest BCUT2D eigenvalue weighted by Gasteiger charge is 2.32. The summed E-state index contributed by atoms with van der Waals surface area (Å²) < 4.78 is 18.9. The number of hydrogen-bond donors (Lipinski definition) is 2. The maximum absolute atomic E-state index is 13.2. The average molecular weight is 493 g/mol. The number of rotatable bonds is 9. The summed E-state index contributed by atoms with van der Waals surface area (Å²) in [5, 5.41) is 19.7.